The van der Waals surface area contributed by atoms with Crippen molar-refractivity contribution in [2.45, 2.75) is 68.7 Å². The minimum Gasteiger partial charge on any atom is -0.599 e. The summed E-state index contributed by atoms with van der Waals surface area (Å²) >= 11 is 6.66. The van der Waals surface area contributed by atoms with Crippen LogP contribution in [0.4, 0.5) is 0 Å². The van der Waals surface area contributed by atoms with E-state index >= 15 is 0 Å². The van der Waals surface area contributed by atoms with Crippen LogP contribution in [0, 0.1) is 5.21 Å². The molecule has 3 nitrogen and oxygen atoms in total. The van der Waals surface area contributed by atoms with Crippen LogP contribution in [0.1, 0.15) is 52.9 Å². The average Bonchev–Trinajstić information content (AvgIpc) is 2.23. The van der Waals surface area contributed by atoms with Crippen molar-refractivity contribution in [2.75, 3.05) is 0 Å². The van der Waals surface area contributed by atoms with Crippen molar-refractivity contribution >= 4 is 31.9 Å². The highest BCUT2D eigenvalue weighted by Crippen LogP contribution is 2.16. The first kappa shape index (κ1) is 16.4. The fraction of sp³-hybridized carbons (Fsp3) is 1.00. The molecule has 5 heteroatoms. The highest BCUT2D eigenvalue weighted by molar-refractivity contribution is 9.12. The first-order valence-corrected chi connectivity index (χ1v) is 7.77. The molecule has 0 fully saturated rings. The summed E-state index contributed by atoms with van der Waals surface area (Å²) in [5.41, 5.74) is 0. The van der Waals surface area contributed by atoms with Crippen molar-refractivity contribution in [1.29, 1.82) is 0 Å². The van der Waals surface area contributed by atoms with Crippen LogP contribution in [-0.4, -0.2) is 20.7 Å². The van der Waals surface area contributed by atoms with E-state index in [1.54, 1.807) is 0 Å². The number of hydrogen-bond donors (Lipinski definition) is 0. The molecule has 16 heavy (non-hydrogen) atoms. The summed E-state index contributed by atoms with van der Waals surface area (Å²) in [5, 5.41) is 15.7. The van der Waals surface area contributed by atoms with Gasteiger partial charge in [-0.1, -0.05) is 53.4 Å². The maximum absolute atomic E-state index is 11.6. The van der Waals surface area contributed by atoms with E-state index in [0.717, 1.165) is 17.7 Å². The summed E-state index contributed by atoms with van der Waals surface area (Å²) in [7, 11) is 0. The lowest BCUT2D eigenvalue weighted by Crippen LogP contribution is -2.22. The van der Waals surface area contributed by atoms with Gasteiger partial charge in [0.1, 0.15) is 6.04 Å². The zero-order chi connectivity index (χ0) is 12.6. The number of nitrogens with zero attached hydrogens (tertiary/aromatic N) is 2. The maximum Gasteiger partial charge on any atom is 0.254 e. The molecule has 0 saturated carbocycles. The van der Waals surface area contributed by atoms with E-state index < -0.39 is 0 Å². The molecular weight excluding hydrogens is 336 g/mol. The monoisotopic (exact) mass is 356 g/mol. The average molecular weight is 358 g/mol. The quantitative estimate of drug-likeness (QED) is 0.153. The third-order valence-corrected chi connectivity index (χ3v) is 4.73. The van der Waals surface area contributed by atoms with Crippen LogP contribution in [0.15, 0.2) is 5.11 Å². The Labute approximate surface area is 116 Å². The van der Waals surface area contributed by atoms with Crippen LogP contribution in [0.2, 0.25) is 0 Å². The van der Waals surface area contributed by atoms with Crippen molar-refractivity contribution < 1.29 is 4.86 Å². The van der Waals surface area contributed by atoms with Gasteiger partial charge in [-0.25, -0.2) is 0 Å². The molecule has 3 atom stereocenters. The van der Waals surface area contributed by atoms with Crippen LogP contribution in [0.5, 0.6) is 0 Å². The summed E-state index contributed by atoms with van der Waals surface area (Å²) in [6.45, 7) is 6.11. The summed E-state index contributed by atoms with van der Waals surface area (Å²) in [6.07, 6.45) is 5.90. The molecular formula is C11H22Br2N2O. The van der Waals surface area contributed by atoms with Crippen LogP contribution in [0.3, 0.4) is 0 Å². The summed E-state index contributed by atoms with van der Waals surface area (Å²) in [4.78, 5) is 0.566. The van der Waals surface area contributed by atoms with Gasteiger partial charge in [0.05, 0.1) is 4.83 Å². The number of halogens is 2. The van der Waals surface area contributed by atoms with E-state index in [1.807, 2.05) is 13.8 Å². The van der Waals surface area contributed by atoms with Crippen molar-refractivity contribution in [1.82, 2.24) is 0 Å². The van der Waals surface area contributed by atoms with Crippen molar-refractivity contribution in [3.05, 3.63) is 5.21 Å². The number of hydrogen-bond acceptors (Lipinski definition) is 2. The summed E-state index contributed by atoms with van der Waals surface area (Å²) in [5.74, 6) is 0. The molecule has 0 radical (unpaired) electrons. The Balaban J connectivity index is 3.91. The lowest BCUT2D eigenvalue weighted by molar-refractivity contribution is -0.543. The van der Waals surface area contributed by atoms with Gasteiger partial charge in [-0.3, -0.25) is 0 Å². The van der Waals surface area contributed by atoms with Crippen LogP contribution in [0.25, 0.3) is 0 Å². The molecule has 3 unspecified atom stereocenters. The SMILES string of the molecule is CCCCCCC(C)N=[N+]([O-])C(Br)C(C)Br. The van der Waals surface area contributed by atoms with Gasteiger partial charge in [-0.05, 0) is 41.3 Å². The zero-order valence-electron chi connectivity index (χ0n) is 10.3. The number of rotatable bonds is 8. The highest BCUT2D eigenvalue weighted by Gasteiger charge is 2.20. The third kappa shape index (κ3) is 7.60. The van der Waals surface area contributed by atoms with Gasteiger partial charge in [-0.2, -0.15) is 0 Å². The fourth-order valence-electron chi connectivity index (χ4n) is 1.36. The predicted octanol–water partition coefficient (Wildman–Crippen LogP) is 4.81. The molecule has 0 aliphatic heterocycles. The van der Waals surface area contributed by atoms with E-state index in [2.05, 4.69) is 43.9 Å². The molecule has 0 aliphatic carbocycles. The van der Waals surface area contributed by atoms with Crippen molar-refractivity contribution in [3.63, 3.8) is 0 Å². The molecule has 0 heterocycles. The van der Waals surface area contributed by atoms with Gasteiger partial charge in [0.25, 0.3) is 4.95 Å². The van der Waals surface area contributed by atoms with Crippen molar-refractivity contribution in [2.24, 2.45) is 5.11 Å². The van der Waals surface area contributed by atoms with Crippen molar-refractivity contribution in [3.8, 4) is 0 Å². The van der Waals surface area contributed by atoms with E-state index in [1.165, 1.54) is 19.3 Å². The Bertz CT molecular complexity index is 210. The second kappa shape index (κ2) is 9.40. The minimum atomic E-state index is -0.286. The van der Waals surface area contributed by atoms with Gasteiger partial charge >= 0.3 is 0 Å². The molecule has 0 aromatic rings. The standard InChI is InChI=1S/C11H22Br2N2O/c1-4-5-6-7-8-9(2)14-15(16)11(13)10(3)12/h9-11H,4-8H2,1-3H3. The van der Waals surface area contributed by atoms with Crippen LogP contribution >= 0.6 is 31.9 Å². The second-order valence-corrected chi connectivity index (χ2v) is 6.55. The molecule has 0 aromatic heterocycles. The normalized spacial score (nSPS) is 18.2. The zero-order valence-corrected chi connectivity index (χ0v) is 13.5. The smallest absolute Gasteiger partial charge is 0.254 e. The molecule has 0 amide bonds. The van der Waals surface area contributed by atoms with E-state index in [9.17, 15) is 5.21 Å². The summed E-state index contributed by atoms with van der Waals surface area (Å²) in [6, 6.07) is 0.112. The number of alkyl halides is 2. The van der Waals surface area contributed by atoms with E-state index in [0.29, 0.717) is 0 Å². The fourth-order valence-corrected chi connectivity index (χ4v) is 1.67. The van der Waals surface area contributed by atoms with Gasteiger partial charge in [-0.15, -0.1) is 0 Å². The largest absolute Gasteiger partial charge is 0.599 e. The summed E-state index contributed by atoms with van der Waals surface area (Å²) < 4.78 is 0. The van der Waals surface area contributed by atoms with E-state index in [4.69, 9.17) is 0 Å². The van der Waals surface area contributed by atoms with Gasteiger partial charge in [0, 0.05) is 0 Å². The first-order chi connectivity index (χ1) is 7.49. The molecule has 0 N–H and O–H groups in total. The Hall–Kier alpha value is 0.360. The van der Waals surface area contributed by atoms with Gasteiger partial charge < -0.3 is 5.21 Å². The van der Waals surface area contributed by atoms with Crippen LogP contribution in [-0.2, 0) is 0 Å². The number of azo groups is 1. The number of unbranched alkanes of at least 4 members (excludes halogenated alkanes) is 3. The maximum atomic E-state index is 11.6. The predicted molar refractivity (Wildman–Crippen MR) is 75.4 cm³/mol. The van der Waals surface area contributed by atoms with Crippen LogP contribution < -0.4 is 0 Å². The lowest BCUT2D eigenvalue weighted by atomic mass is 10.1. The van der Waals surface area contributed by atoms with Gasteiger partial charge in [0.2, 0.25) is 0 Å². The second-order valence-electron chi connectivity index (χ2n) is 4.17. The molecule has 0 saturated heterocycles. The Morgan fingerprint density at radius 1 is 1.19 bits per heavy atom. The van der Waals surface area contributed by atoms with E-state index in [-0.39, 0.29) is 15.8 Å². The Morgan fingerprint density at radius 2 is 1.81 bits per heavy atom. The Kier molecular flexibility index (Phi) is 9.61. The minimum absolute atomic E-state index is 0.0843. The number of hydroxylamine groups is 1. The molecule has 0 aliphatic rings. The molecule has 0 rings (SSSR count). The Morgan fingerprint density at radius 3 is 2.31 bits per heavy atom. The molecule has 0 spiro atoms. The molecule has 0 bridgehead atoms. The lowest BCUT2D eigenvalue weighted by Gasteiger charge is -2.12. The highest BCUT2D eigenvalue weighted by atomic mass is 79.9. The van der Waals surface area contributed by atoms with Gasteiger partial charge in [0.15, 0.2) is 0 Å². The molecule has 0 aromatic carbocycles. The third-order valence-electron chi connectivity index (χ3n) is 2.38. The first-order valence-electron chi connectivity index (χ1n) is 5.94. The topological polar surface area (TPSA) is 38.4 Å². The molecule has 96 valence electrons.